The van der Waals surface area contributed by atoms with Gasteiger partial charge in [0.2, 0.25) is 5.91 Å². The molecule has 5 nitrogen and oxygen atoms in total. The number of rotatable bonds is 6. The van der Waals surface area contributed by atoms with E-state index in [1.165, 1.54) is 28.8 Å². The second kappa shape index (κ2) is 9.05. The molecule has 0 unspecified atom stereocenters. The minimum atomic E-state index is -0.789. The Balaban J connectivity index is 1.63. The number of anilines is 1. The lowest BCUT2D eigenvalue weighted by molar-refractivity contribution is -0.113. The second-order valence-corrected chi connectivity index (χ2v) is 7.39. The zero-order valence-corrected chi connectivity index (χ0v) is 16.7. The number of carbonyl (C=O) groups excluding carboxylic acids is 1. The van der Waals surface area contributed by atoms with Crippen molar-refractivity contribution < 1.29 is 18.0 Å². The van der Waals surface area contributed by atoms with Crippen LogP contribution in [-0.2, 0) is 4.79 Å². The summed E-state index contributed by atoms with van der Waals surface area (Å²) in [4.78, 5) is 12.3. The molecule has 1 heterocycles. The van der Waals surface area contributed by atoms with E-state index in [2.05, 4.69) is 15.5 Å². The first-order valence-electron chi connectivity index (χ1n) is 9.16. The van der Waals surface area contributed by atoms with Gasteiger partial charge >= 0.3 is 0 Å². The van der Waals surface area contributed by atoms with Crippen LogP contribution in [0.5, 0.6) is 0 Å². The number of halogens is 3. The molecule has 9 heteroatoms. The average Bonchev–Trinajstić information content (AvgIpc) is 3.16. The van der Waals surface area contributed by atoms with Crippen molar-refractivity contribution in [3.8, 4) is 17.1 Å². The number of benzene rings is 3. The summed E-state index contributed by atoms with van der Waals surface area (Å²) in [5.74, 6) is -2.09. The maximum absolute atomic E-state index is 14.6. The highest BCUT2D eigenvalue weighted by molar-refractivity contribution is 7.99. The Labute approximate surface area is 179 Å². The number of carbonyl (C=O) groups is 1. The molecule has 1 aromatic heterocycles. The van der Waals surface area contributed by atoms with Crippen LogP contribution >= 0.6 is 11.8 Å². The van der Waals surface area contributed by atoms with Crippen molar-refractivity contribution in [3.63, 3.8) is 0 Å². The fourth-order valence-electron chi connectivity index (χ4n) is 2.91. The van der Waals surface area contributed by atoms with Gasteiger partial charge in [-0.2, -0.15) is 0 Å². The molecule has 156 valence electrons. The topological polar surface area (TPSA) is 59.8 Å². The fourth-order valence-corrected chi connectivity index (χ4v) is 3.66. The Morgan fingerprint density at radius 1 is 0.903 bits per heavy atom. The molecule has 0 bridgehead atoms. The Hall–Kier alpha value is -3.59. The highest BCUT2D eigenvalue weighted by Crippen LogP contribution is 2.29. The predicted octanol–water partition coefficient (Wildman–Crippen LogP) is 5.08. The van der Waals surface area contributed by atoms with E-state index in [0.29, 0.717) is 17.1 Å². The van der Waals surface area contributed by atoms with E-state index in [1.54, 1.807) is 30.3 Å². The molecule has 0 saturated heterocycles. The van der Waals surface area contributed by atoms with Gasteiger partial charge in [-0.1, -0.05) is 48.2 Å². The molecule has 4 rings (SSSR count). The normalized spacial score (nSPS) is 10.8. The summed E-state index contributed by atoms with van der Waals surface area (Å²) < 4.78 is 42.7. The number of thioether (sulfide) groups is 1. The Bertz CT molecular complexity index is 1230. The number of hydrogen-bond acceptors (Lipinski definition) is 4. The van der Waals surface area contributed by atoms with Crippen LogP contribution in [0.1, 0.15) is 0 Å². The van der Waals surface area contributed by atoms with E-state index in [-0.39, 0.29) is 16.6 Å². The lowest BCUT2D eigenvalue weighted by Gasteiger charge is -2.11. The van der Waals surface area contributed by atoms with Gasteiger partial charge < -0.3 is 5.32 Å². The SMILES string of the molecule is O=C(CSc1nnc(-c2ccccc2)n1-c1ccc(F)cc1F)Nc1cccc(F)c1. The standard InChI is InChI=1S/C22H15F3N4OS/c23-15-7-4-8-17(11-15)26-20(30)13-31-22-28-27-21(14-5-2-1-3-6-14)29(22)19-10-9-16(24)12-18(19)25/h1-12H,13H2,(H,26,30). The smallest absolute Gasteiger partial charge is 0.234 e. The largest absolute Gasteiger partial charge is 0.325 e. The van der Waals surface area contributed by atoms with Gasteiger partial charge in [-0.05, 0) is 30.3 Å². The highest BCUT2D eigenvalue weighted by atomic mass is 32.2. The molecule has 0 saturated carbocycles. The van der Waals surface area contributed by atoms with Crippen molar-refractivity contribution in [1.29, 1.82) is 0 Å². The van der Waals surface area contributed by atoms with E-state index < -0.39 is 23.4 Å². The number of aromatic nitrogens is 3. The van der Waals surface area contributed by atoms with Crippen LogP contribution in [-0.4, -0.2) is 26.4 Å². The molecular weight excluding hydrogens is 425 g/mol. The van der Waals surface area contributed by atoms with Gasteiger partial charge in [-0.3, -0.25) is 9.36 Å². The van der Waals surface area contributed by atoms with Gasteiger partial charge in [-0.15, -0.1) is 10.2 Å². The quantitative estimate of drug-likeness (QED) is 0.425. The molecule has 4 aromatic rings. The zero-order chi connectivity index (χ0) is 21.8. The van der Waals surface area contributed by atoms with Gasteiger partial charge in [0.1, 0.15) is 17.5 Å². The first-order valence-corrected chi connectivity index (χ1v) is 10.1. The zero-order valence-electron chi connectivity index (χ0n) is 15.9. The lowest BCUT2D eigenvalue weighted by Crippen LogP contribution is -2.14. The summed E-state index contributed by atoms with van der Waals surface area (Å²) >= 11 is 1.02. The van der Waals surface area contributed by atoms with E-state index in [9.17, 15) is 18.0 Å². The third-order valence-corrected chi connectivity index (χ3v) is 5.19. The molecular formula is C22H15F3N4OS. The molecule has 1 N–H and O–H groups in total. The number of nitrogens with zero attached hydrogens (tertiary/aromatic N) is 3. The predicted molar refractivity (Wildman–Crippen MR) is 112 cm³/mol. The molecule has 0 aliphatic rings. The molecule has 31 heavy (non-hydrogen) atoms. The minimum Gasteiger partial charge on any atom is -0.325 e. The third-order valence-electron chi connectivity index (χ3n) is 4.26. The molecule has 3 aromatic carbocycles. The van der Waals surface area contributed by atoms with Crippen LogP contribution in [0.3, 0.4) is 0 Å². The van der Waals surface area contributed by atoms with Crippen LogP contribution in [0.15, 0.2) is 78.0 Å². The molecule has 0 aliphatic carbocycles. The molecule has 1 amide bonds. The Morgan fingerprint density at radius 2 is 1.68 bits per heavy atom. The van der Waals surface area contributed by atoms with Crippen molar-refractivity contribution in [2.24, 2.45) is 0 Å². The number of nitrogens with one attached hydrogen (secondary N) is 1. The second-order valence-electron chi connectivity index (χ2n) is 6.45. The van der Waals surface area contributed by atoms with Crippen molar-refractivity contribution in [2.75, 3.05) is 11.1 Å². The Kier molecular flexibility index (Phi) is 6.03. The van der Waals surface area contributed by atoms with Gasteiger partial charge in [0.05, 0.1) is 11.4 Å². The molecule has 0 fully saturated rings. The van der Waals surface area contributed by atoms with Gasteiger partial charge in [0, 0.05) is 17.3 Å². The summed E-state index contributed by atoms with van der Waals surface area (Å²) in [5, 5.41) is 11.1. The summed E-state index contributed by atoms with van der Waals surface area (Å²) in [7, 11) is 0. The highest BCUT2D eigenvalue weighted by Gasteiger charge is 2.20. The lowest BCUT2D eigenvalue weighted by atomic mass is 10.2. The molecule has 0 atom stereocenters. The van der Waals surface area contributed by atoms with Crippen LogP contribution in [0, 0.1) is 17.5 Å². The maximum Gasteiger partial charge on any atom is 0.234 e. The molecule has 0 aliphatic heterocycles. The van der Waals surface area contributed by atoms with Crippen LogP contribution in [0.4, 0.5) is 18.9 Å². The summed E-state index contributed by atoms with van der Waals surface area (Å²) in [6.07, 6.45) is 0. The first kappa shape index (κ1) is 20.7. The minimum absolute atomic E-state index is 0.0540. The summed E-state index contributed by atoms with van der Waals surface area (Å²) in [5.41, 5.74) is 1.05. The molecule has 0 spiro atoms. The van der Waals surface area contributed by atoms with E-state index in [1.807, 2.05) is 6.07 Å². The summed E-state index contributed by atoms with van der Waals surface area (Å²) in [6, 6.07) is 17.7. The Morgan fingerprint density at radius 3 is 2.42 bits per heavy atom. The van der Waals surface area contributed by atoms with Crippen LogP contribution < -0.4 is 5.32 Å². The van der Waals surface area contributed by atoms with Gasteiger partial charge in [0.15, 0.2) is 11.0 Å². The number of amides is 1. The first-order chi connectivity index (χ1) is 15.0. The monoisotopic (exact) mass is 440 g/mol. The van der Waals surface area contributed by atoms with Crippen molar-refractivity contribution in [2.45, 2.75) is 5.16 Å². The van der Waals surface area contributed by atoms with Crippen LogP contribution in [0.25, 0.3) is 17.1 Å². The van der Waals surface area contributed by atoms with Crippen LogP contribution in [0.2, 0.25) is 0 Å². The van der Waals surface area contributed by atoms with Gasteiger partial charge in [0.25, 0.3) is 0 Å². The summed E-state index contributed by atoms with van der Waals surface area (Å²) in [6.45, 7) is 0. The van der Waals surface area contributed by atoms with E-state index >= 15 is 0 Å². The third kappa shape index (κ3) is 4.77. The van der Waals surface area contributed by atoms with Crippen molar-refractivity contribution >= 4 is 23.4 Å². The van der Waals surface area contributed by atoms with E-state index in [4.69, 9.17) is 0 Å². The average molecular weight is 440 g/mol. The molecule has 0 radical (unpaired) electrons. The van der Waals surface area contributed by atoms with Crippen molar-refractivity contribution in [1.82, 2.24) is 14.8 Å². The van der Waals surface area contributed by atoms with Gasteiger partial charge in [-0.25, -0.2) is 13.2 Å². The fraction of sp³-hybridized carbons (Fsp3) is 0.0455. The number of hydrogen-bond donors (Lipinski definition) is 1. The maximum atomic E-state index is 14.6. The van der Waals surface area contributed by atoms with Crippen molar-refractivity contribution in [3.05, 3.63) is 90.2 Å². The van der Waals surface area contributed by atoms with E-state index in [0.717, 1.165) is 23.9 Å².